The molecule has 2 aromatic rings. The van der Waals surface area contributed by atoms with E-state index in [1.165, 1.54) is 5.56 Å². The Hall–Kier alpha value is -1.24. The van der Waals surface area contributed by atoms with Gasteiger partial charge in [-0.15, -0.1) is 11.3 Å². The minimum absolute atomic E-state index is 0.0282. The number of thiophene rings is 1. The van der Waals surface area contributed by atoms with Crippen LogP contribution in [0.3, 0.4) is 0 Å². The Bertz CT molecular complexity index is 494. The Labute approximate surface area is 121 Å². The van der Waals surface area contributed by atoms with Gasteiger partial charge in [-0.2, -0.15) is 11.3 Å². The minimum Gasteiger partial charge on any atom is -0.345 e. The summed E-state index contributed by atoms with van der Waals surface area (Å²) in [5.74, 6) is 0.0282. The van der Waals surface area contributed by atoms with Crippen molar-refractivity contribution in [3.05, 3.63) is 39.0 Å². The van der Waals surface area contributed by atoms with Gasteiger partial charge in [0.25, 0.3) is 0 Å². The molecule has 0 radical (unpaired) electrons. The van der Waals surface area contributed by atoms with E-state index >= 15 is 0 Å². The van der Waals surface area contributed by atoms with Crippen LogP contribution in [0.15, 0.2) is 28.4 Å². The lowest BCUT2D eigenvalue weighted by atomic mass is 10.1. The molecule has 0 unspecified atom stereocenters. The molecule has 0 aliphatic heterocycles. The lowest BCUT2D eigenvalue weighted by Crippen LogP contribution is -2.36. The van der Waals surface area contributed by atoms with Crippen molar-refractivity contribution in [2.24, 2.45) is 0 Å². The van der Waals surface area contributed by atoms with Gasteiger partial charge in [0.15, 0.2) is 0 Å². The molecule has 1 amide bonds. The molecule has 4 nitrogen and oxygen atoms in total. The zero-order valence-electron chi connectivity index (χ0n) is 11.0. The van der Waals surface area contributed by atoms with Crippen LogP contribution >= 0.6 is 22.7 Å². The normalized spacial score (nSPS) is 12.6. The Morgan fingerprint density at radius 3 is 2.89 bits per heavy atom. The van der Waals surface area contributed by atoms with Crippen LogP contribution in [0.2, 0.25) is 0 Å². The van der Waals surface area contributed by atoms with E-state index < -0.39 is 0 Å². The molecule has 0 bridgehead atoms. The van der Waals surface area contributed by atoms with Crippen molar-refractivity contribution in [2.45, 2.75) is 12.5 Å². The number of rotatable bonds is 6. The highest BCUT2D eigenvalue weighted by atomic mass is 32.1. The number of carbonyl (C=O) groups excluding carboxylic acids is 1. The first-order chi connectivity index (χ1) is 9.15. The average Bonchev–Trinajstić information content (AvgIpc) is 2.99. The summed E-state index contributed by atoms with van der Waals surface area (Å²) in [7, 11) is 3.77. The van der Waals surface area contributed by atoms with Crippen molar-refractivity contribution in [1.29, 1.82) is 0 Å². The fraction of sp³-hybridized carbons (Fsp3) is 0.385. The number of nitrogens with zero attached hydrogens (tertiary/aromatic N) is 2. The summed E-state index contributed by atoms with van der Waals surface area (Å²) in [6, 6.07) is 2.05. The van der Waals surface area contributed by atoms with Crippen molar-refractivity contribution >= 4 is 28.6 Å². The quantitative estimate of drug-likeness (QED) is 0.888. The van der Waals surface area contributed by atoms with E-state index in [9.17, 15) is 4.79 Å². The van der Waals surface area contributed by atoms with Crippen LogP contribution in [0.25, 0.3) is 0 Å². The first-order valence-electron chi connectivity index (χ1n) is 5.99. The number of carbonyl (C=O) groups is 1. The standard InChI is InChI=1S/C13H17N3OS2/c1-16(2)8-12(17)15-11(13-14-4-6-19-13)7-10-3-5-18-9-10/h3-6,9,11H,7-8H2,1-2H3,(H,15,17)/t11-/m1/s1. The van der Waals surface area contributed by atoms with Gasteiger partial charge in [-0.1, -0.05) is 0 Å². The molecule has 2 heterocycles. The van der Waals surface area contributed by atoms with Crippen LogP contribution in [0.4, 0.5) is 0 Å². The Balaban J connectivity index is 2.04. The fourth-order valence-electron chi connectivity index (χ4n) is 1.78. The van der Waals surface area contributed by atoms with Gasteiger partial charge >= 0.3 is 0 Å². The molecule has 2 aromatic heterocycles. The summed E-state index contributed by atoms with van der Waals surface area (Å²) in [6.45, 7) is 0.394. The monoisotopic (exact) mass is 295 g/mol. The second-order valence-electron chi connectivity index (χ2n) is 4.56. The van der Waals surface area contributed by atoms with Crippen molar-refractivity contribution in [1.82, 2.24) is 15.2 Å². The van der Waals surface area contributed by atoms with E-state index in [-0.39, 0.29) is 11.9 Å². The summed E-state index contributed by atoms with van der Waals surface area (Å²) in [4.78, 5) is 18.1. The van der Waals surface area contributed by atoms with Gasteiger partial charge in [0, 0.05) is 18.0 Å². The lowest BCUT2D eigenvalue weighted by Gasteiger charge is -2.17. The molecule has 0 aliphatic rings. The molecule has 6 heteroatoms. The number of hydrogen-bond acceptors (Lipinski definition) is 5. The molecule has 2 rings (SSSR count). The number of likely N-dealkylation sites (N-methyl/N-ethyl adjacent to an activating group) is 1. The van der Waals surface area contributed by atoms with Crippen molar-refractivity contribution in [2.75, 3.05) is 20.6 Å². The summed E-state index contributed by atoms with van der Waals surface area (Å²) in [5, 5.41) is 10.1. The van der Waals surface area contributed by atoms with Crippen LogP contribution < -0.4 is 5.32 Å². The number of hydrogen-bond donors (Lipinski definition) is 1. The first-order valence-corrected chi connectivity index (χ1v) is 7.82. The van der Waals surface area contributed by atoms with E-state index in [1.54, 1.807) is 28.9 Å². The SMILES string of the molecule is CN(C)CC(=O)N[C@H](Cc1ccsc1)c1nccs1. The Kier molecular flexibility index (Phi) is 5.07. The topological polar surface area (TPSA) is 45.2 Å². The number of amides is 1. The summed E-state index contributed by atoms with van der Waals surface area (Å²) in [6.07, 6.45) is 2.56. The smallest absolute Gasteiger partial charge is 0.234 e. The molecular formula is C13H17N3OS2. The molecule has 1 atom stereocenters. The van der Waals surface area contributed by atoms with Gasteiger partial charge in [0.1, 0.15) is 5.01 Å². The predicted molar refractivity (Wildman–Crippen MR) is 79.6 cm³/mol. The lowest BCUT2D eigenvalue weighted by molar-refractivity contribution is -0.122. The second kappa shape index (κ2) is 6.79. The predicted octanol–water partition coefficient (Wildman–Crippen LogP) is 2.17. The molecule has 0 saturated heterocycles. The van der Waals surface area contributed by atoms with Crippen LogP contribution in [-0.2, 0) is 11.2 Å². The number of nitrogens with one attached hydrogen (secondary N) is 1. The number of aromatic nitrogens is 1. The maximum Gasteiger partial charge on any atom is 0.234 e. The number of thiazole rings is 1. The third-order valence-corrected chi connectivity index (χ3v) is 4.19. The Morgan fingerprint density at radius 2 is 2.32 bits per heavy atom. The van der Waals surface area contributed by atoms with Crippen molar-refractivity contribution in [3.63, 3.8) is 0 Å². The highest BCUT2D eigenvalue weighted by molar-refractivity contribution is 7.09. The van der Waals surface area contributed by atoms with Gasteiger partial charge in [-0.25, -0.2) is 4.98 Å². The molecule has 1 N–H and O–H groups in total. The minimum atomic E-state index is -0.0398. The van der Waals surface area contributed by atoms with Crippen LogP contribution in [0.1, 0.15) is 16.6 Å². The molecular weight excluding hydrogens is 278 g/mol. The summed E-state index contributed by atoms with van der Waals surface area (Å²) < 4.78 is 0. The highest BCUT2D eigenvalue weighted by Gasteiger charge is 2.18. The fourth-order valence-corrected chi connectivity index (χ4v) is 3.15. The van der Waals surface area contributed by atoms with E-state index in [4.69, 9.17) is 0 Å². The van der Waals surface area contributed by atoms with Gasteiger partial charge in [-0.05, 0) is 36.5 Å². The van der Waals surface area contributed by atoms with Gasteiger partial charge in [0.2, 0.25) is 5.91 Å². The molecule has 0 aliphatic carbocycles. The summed E-state index contributed by atoms with van der Waals surface area (Å²) >= 11 is 3.25. The van der Waals surface area contributed by atoms with Gasteiger partial charge in [-0.3, -0.25) is 4.79 Å². The molecule has 0 spiro atoms. The van der Waals surface area contributed by atoms with Crippen LogP contribution in [-0.4, -0.2) is 36.4 Å². The van der Waals surface area contributed by atoms with Crippen LogP contribution in [0.5, 0.6) is 0 Å². The Morgan fingerprint density at radius 1 is 1.47 bits per heavy atom. The van der Waals surface area contributed by atoms with E-state index in [0.29, 0.717) is 6.54 Å². The van der Waals surface area contributed by atoms with E-state index in [1.807, 2.05) is 24.4 Å². The molecule has 0 fully saturated rings. The first kappa shape index (κ1) is 14.2. The maximum absolute atomic E-state index is 11.9. The molecule has 102 valence electrons. The van der Waals surface area contributed by atoms with Crippen molar-refractivity contribution in [3.8, 4) is 0 Å². The molecule has 19 heavy (non-hydrogen) atoms. The maximum atomic E-state index is 11.9. The van der Waals surface area contributed by atoms with Crippen LogP contribution in [0, 0.1) is 0 Å². The molecule has 0 saturated carbocycles. The van der Waals surface area contributed by atoms with Gasteiger partial charge in [0.05, 0.1) is 12.6 Å². The molecule has 0 aromatic carbocycles. The van der Waals surface area contributed by atoms with Crippen molar-refractivity contribution < 1.29 is 4.79 Å². The average molecular weight is 295 g/mol. The largest absolute Gasteiger partial charge is 0.345 e. The zero-order chi connectivity index (χ0) is 13.7. The third-order valence-electron chi connectivity index (χ3n) is 2.56. The zero-order valence-corrected chi connectivity index (χ0v) is 12.6. The van der Waals surface area contributed by atoms with E-state index in [2.05, 4.69) is 27.1 Å². The second-order valence-corrected chi connectivity index (χ2v) is 6.27. The van der Waals surface area contributed by atoms with Gasteiger partial charge < -0.3 is 10.2 Å². The summed E-state index contributed by atoms with van der Waals surface area (Å²) in [5.41, 5.74) is 1.23. The highest BCUT2D eigenvalue weighted by Crippen LogP contribution is 2.21. The third kappa shape index (κ3) is 4.41. The van der Waals surface area contributed by atoms with E-state index in [0.717, 1.165) is 11.4 Å².